The first kappa shape index (κ1) is 15.4. The van der Waals surface area contributed by atoms with Crippen LogP contribution in [0.25, 0.3) is 21.3 Å². The molecular weight excluding hydrogens is 312 g/mol. The van der Waals surface area contributed by atoms with E-state index in [-0.39, 0.29) is 12.2 Å². The first-order valence-corrected chi connectivity index (χ1v) is 8.21. The van der Waals surface area contributed by atoms with Crippen molar-refractivity contribution in [2.45, 2.75) is 19.9 Å². The molecule has 0 fully saturated rings. The van der Waals surface area contributed by atoms with Gasteiger partial charge in [0.1, 0.15) is 10.9 Å². The Morgan fingerprint density at radius 1 is 1.35 bits per heavy atom. The highest BCUT2D eigenvalue weighted by Gasteiger charge is 2.20. The third-order valence-corrected chi connectivity index (χ3v) is 4.54. The Hall–Kier alpha value is -2.47. The highest BCUT2D eigenvalue weighted by Crippen LogP contribution is 2.30. The minimum atomic E-state index is -0.706. The van der Waals surface area contributed by atoms with Gasteiger partial charge in [0.25, 0.3) is 5.56 Å². The van der Waals surface area contributed by atoms with Crippen LogP contribution in [0.2, 0.25) is 0 Å². The van der Waals surface area contributed by atoms with Gasteiger partial charge in [-0.2, -0.15) is 0 Å². The molecule has 1 unspecified atom stereocenters. The lowest BCUT2D eigenvalue weighted by molar-refractivity contribution is -0.146. The lowest BCUT2D eigenvalue weighted by Crippen LogP contribution is -2.29. The van der Waals surface area contributed by atoms with E-state index in [0.29, 0.717) is 10.2 Å². The van der Waals surface area contributed by atoms with E-state index in [4.69, 9.17) is 4.74 Å². The number of aromatic nitrogens is 2. The molecule has 118 valence electrons. The van der Waals surface area contributed by atoms with Gasteiger partial charge in [-0.1, -0.05) is 30.3 Å². The smallest absolute Gasteiger partial charge is 0.328 e. The van der Waals surface area contributed by atoms with Crippen LogP contribution < -0.4 is 5.56 Å². The van der Waals surface area contributed by atoms with Crippen LogP contribution >= 0.6 is 11.3 Å². The Morgan fingerprint density at radius 3 is 2.78 bits per heavy atom. The highest BCUT2D eigenvalue weighted by molar-refractivity contribution is 7.17. The Bertz CT molecular complexity index is 899. The van der Waals surface area contributed by atoms with Gasteiger partial charge in [-0.3, -0.25) is 9.36 Å². The fourth-order valence-corrected chi connectivity index (χ4v) is 3.33. The van der Waals surface area contributed by atoms with Gasteiger partial charge in [0.15, 0.2) is 0 Å². The predicted molar refractivity (Wildman–Crippen MR) is 90.7 cm³/mol. The molecule has 0 aliphatic rings. The molecule has 3 aromatic rings. The molecule has 0 aliphatic carbocycles. The SMILES string of the molecule is CCOC(=O)C(C)n1cnc2scc(-c3ccccc3)c2c1=O. The van der Waals surface area contributed by atoms with Gasteiger partial charge in [-0.25, -0.2) is 9.78 Å². The first-order chi connectivity index (χ1) is 11.1. The zero-order valence-electron chi connectivity index (χ0n) is 12.9. The Morgan fingerprint density at radius 2 is 2.09 bits per heavy atom. The van der Waals surface area contributed by atoms with Crippen LogP contribution in [0.15, 0.2) is 46.8 Å². The molecule has 3 rings (SSSR count). The summed E-state index contributed by atoms with van der Waals surface area (Å²) < 4.78 is 6.33. The van der Waals surface area contributed by atoms with Crippen LogP contribution in [0, 0.1) is 0 Å². The minimum absolute atomic E-state index is 0.226. The number of thiophene rings is 1. The zero-order valence-corrected chi connectivity index (χ0v) is 13.7. The number of fused-ring (bicyclic) bond motifs is 1. The van der Waals surface area contributed by atoms with Crippen LogP contribution in [0.5, 0.6) is 0 Å². The van der Waals surface area contributed by atoms with E-state index in [1.807, 2.05) is 35.7 Å². The minimum Gasteiger partial charge on any atom is -0.464 e. The maximum atomic E-state index is 12.9. The Kier molecular flexibility index (Phi) is 4.25. The molecule has 6 heteroatoms. The van der Waals surface area contributed by atoms with Crippen LogP contribution in [-0.4, -0.2) is 22.1 Å². The van der Waals surface area contributed by atoms with Crippen molar-refractivity contribution in [1.29, 1.82) is 0 Å². The van der Waals surface area contributed by atoms with Crippen molar-refractivity contribution in [2.75, 3.05) is 6.61 Å². The van der Waals surface area contributed by atoms with Crippen molar-refractivity contribution < 1.29 is 9.53 Å². The van der Waals surface area contributed by atoms with Gasteiger partial charge < -0.3 is 4.74 Å². The molecule has 0 amide bonds. The molecular formula is C17H16N2O3S. The molecule has 1 atom stereocenters. The molecule has 0 saturated carbocycles. The van der Waals surface area contributed by atoms with Gasteiger partial charge in [-0.05, 0) is 19.4 Å². The van der Waals surface area contributed by atoms with E-state index >= 15 is 0 Å². The van der Waals surface area contributed by atoms with Gasteiger partial charge in [0.2, 0.25) is 0 Å². The second kappa shape index (κ2) is 6.34. The number of carbonyl (C=O) groups is 1. The summed E-state index contributed by atoms with van der Waals surface area (Å²) in [4.78, 5) is 29.8. The molecule has 0 N–H and O–H groups in total. The quantitative estimate of drug-likeness (QED) is 0.690. The fourth-order valence-electron chi connectivity index (χ4n) is 2.43. The van der Waals surface area contributed by atoms with Crippen molar-refractivity contribution in [3.05, 3.63) is 52.4 Å². The van der Waals surface area contributed by atoms with Gasteiger partial charge in [0, 0.05) is 10.9 Å². The normalized spacial score (nSPS) is 12.3. The van der Waals surface area contributed by atoms with Crippen LogP contribution in [-0.2, 0) is 9.53 Å². The van der Waals surface area contributed by atoms with Crippen molar-refractivity contribution in [1.82, 2.24) is 9.55 Å². The van der Waals surface area contributed by atoms with Crippen molar-refractivity contribution in [2.24, 2.45) is 0 Å². The summed E-state index contributed by atoms with van der Waals surface area (Å²) in [5, 5.41) is 2.47. The summed E-state index contributed by atoms with van der Waals surface area (Å²) in [6.45, 7) is 3.66. The number of ether oxygens (including phenoxy) is 1. The molecule has 0 bridgehead atoms. The molecule has 0 spiro atoms. The summed E-state index contributed by atoms with van der Waals surface area (Å²) in [5.74, 6) is -0.438. The third-order valence-electron chi connectivity index (χ3n) is 3.65. The highest BCUT2D eigenvalue weighted by atomic mass is 32.1. The lowest BCUT2D eigenvalue weighted by atomic mass is 10.1. The Balaban J connectivity index is 2.15. The molecule has 0 radical (unpaired) electrons. The number of carbonyl (C=O) groups excluding carboxylic acids is 1. The average molecular weight is 328 g/mol. The van der Waals surface area contributed by atoms with E-state index in [1.165, 1.54) is 22.2 Å². The van der Waals surface area contributed by atoms with Crippen molar-refractivity contribution >= 4 is 27.5 Å². The summed E-state index contributed by atoms with van der Waals surface area (Å²) in [5.41, 5.74) is 1.57. The second-order valence-corrected chi connectivity index (χ2v) is 5.94. The van der Waals surface area contributed by atoms with Crippen LogP contribution in [0.4, 0.5) is 0 Å². The van der Waals surface area contributed by atoms with Gasteiger partial charge >= 0.3 is 5.97 Å². The largest absolute Gasteiger partial charge is 0.464 e. The number of hydrogen-bond donors (Lipinski definition) is 0. The average Bonchev–Trinajstić information content (AvgIpc) is 3.00. The molecule has 23 heavy (non-hydrogen) atoms. The lowest BCUT2D eigenvalue weighted by Gasteiger charge is -2.13. The number of benzene rings is 1. The summed E-state index contributed by atoms with van der Waals surface area (Å²) in [6.07, 6.45) is 1.41. The molecule has 0 aliphatic heterocycles. The second-order valence-electron chi connectivity index (χ2n) is 5.08. The standard InChI is InChI=1S/C17H16N2O3S/c1-3-22-17(21)11(2)19-10-18-15-14(16(19)20)13(9-23-15)12-7-5-4-6-8-12/h4-11H,3H2,1-2H3. The molecule has 5 nitrogen and oxygen atoms in total. The van der Waals surface area contributed by atoms with E-state index in [0.717, 1.165) is 11.1 Å². The number of rotatable bonds is 4. The fraction of sp³-hybridized carbons (Fsp3) is 0.235. The van der Waals surface area contributed by atoms with Crippen molar-refractivity contribution in [3.8, 4) is 11.1 Å². The maximum Gasteiger partial charge on any atom is 0.328 e. The number of hydrogen-bond acceptors (Lipinski definition) is 5. The maximum absolute atomic E-state index is 12.9. The van der Waals surface area contributed by atoms with Gasteiger partial charge in [-0.15, -0.1) is 11.3 Å². The summed E-state index contributed by atoms with van der Waals surface area (Å²) in [7, 11) is 0. The number of esters is 1. The summed E-state index contributed by atoms with van der Waals surface area (Å²) in [6, 6.07) is 8.98. The van der Waals surface area contributed by atoms with E-state index < -0.39 is 12.0 Å². The zero-order chi connectivity index (χ0) is 16.4. The molecule has 0 saturated heterocycles. The van der Waals surface area contributed by atoms with Gasteiger partial charge in [0.05, 0.1) is 18.3 Å². The van der Waals surface area contributed by atoms with Crippen molar-refractivity contribution in [3.63, 3.8) is 0 Å². The summed E-state index contributed by atoms with van der Waals surface area (Å²) >= 11 is 1.42. The molecule has 1 aromatic carbocycles. The molecule has 2 aromatic heterocycles. The Labute approximate surface area is 137 Å². The molecule has 2 heterocycles. The topological polar surface area (TPSA) is 61.2 Å². The monoisotopic (exact) mass is 328 g/mol. The predicted octanol–water partition coefficient (Wildman–Crippen LogP) is 3.25. The first-order valence-electron chi connectivity index (χ1n) is 7.34. The van der Waals surface area contributed by atoms with Crippen LogP contribution in [0.1, 0.15) is 19.9 Å². The third kappa shape index (κ3) is 2.77. The number of nitrogens with zero attached hydrogens (tertiary/aromatic N) is 2. The van der Waals surface area contributed by atoms with E-state index in [9.17, 15) is 9.59 Å². The van der Waals surface area contributed by atoms with Crippen LogP contribution in [0.3, 0.4) is 0 Å². The van der Waals surface area contributed by atoms with E-state index in [1.54, 1.807) is 13.8 Å². The van der Waals surface area contributed by atoms with E-state index in [2.05, 4.69) is 4.98 Å².